The third kappa shape index (κ3) is 3.04. The molecule has 2 aromatic heterocycles. The number of rotatable bonds is 4. The number of hydrogen-bond acceptors (Lipinski definition) is 3. The fourth-order valence-corrected chi connectivity index (χ4v) is 2.59. The molecule has 0 saturated carbocycles. The van der Waals surface area contributed by atoms with E-state index in [9.17, 15) is 0 Å². The Morgan fingerprint density at radius 2 is 1.90 bits per heavy atom. The predicted molar refractivity (Wildman–Crippen MR) is 86.2 cm³/mol. The largest absolute Gasteiger partial charge is 0.306 e. The zero-order chi connectivity index (χ0) is 14.7. The molecule has 1 aromatic carbocycles. The van der Waals surface area contributed by atoms with E-state index < -0.39 is 0 Å². The van der Waals surface area contributed by atoms with E-state index in [-0.39, 0.29) is 6.04 Å². The highest BCUT2D eigenvalue weighted by molar-refractivity contribution is 6.35. The Labute approximate surface area is 129 Å². The normalized spacial score (nSPS) is 12.5. The Bertz CT molecular complexity index is 743. The zero-order valence-electron chi connectivity index (χ0n) is 11.8. The molecule has 0 spiro atoms. The first kappa shape index (κ1) is 14.0. The molecular weight excluding hydrogens is 282 g/mol. The van der Waals surface area contributed by atoms with Crippen molar-refractivity contribution >= 4 is 22.5 Å². The lowest BCUT2D eigenvalue weighted by Crippen LogP contribution is -2.18. The molecule has 0 aliphatic heterocycles. The van der Waals surface area contributed by atoms with Gasteiger partial charge in [0.1, 0.15) is 0 Å². The second-order valence-electron chi connectivity index (χ2n) is 4.99. The Morgan fingerprint density at radius 3 is 2.71 bits per heavy atom. The van der Waals surface area contributed by atoms with Gasteiger partial charge >= 0.3 is 0 Å². The van der Waals surface area contributed by atoms with Gasteiger partial charge in [0.15, 0.2) is 0 Å². The van der Waals surface area contributed by atoms with Crippen molar-refractivity contribution in [2.45, 2.75) is 19.5 Å². The highest BCUT2D eigenvalue weighted by atomic mass is 35.5. The van der Waals surface area contributed by atoms with Gasteiger partial charge in [0.05, 0.1) is 5.52 Å². The minimum absolute atomic E-state index is 0.252. The van der Waals surface area contributed by atoms with Gasteiger partial charge in [-0.15, -0.1) is 0 Å². The monoisotopic (exact) mass is 297 g/mol. The van der Waals surface area contributed by atoms with E-state index in [0.29, 0.717) is 0 Å². The van der Waals surface area contributed by atoms with E-state index in [2.05, 4.69) is 22.2 Å². The predicted octanol–water partition coefficient (Wildman–Crippen LogP) is 4.13. The summed E-state index contributed by atoms with van der Waals surface area (Å²) in [6.45, 7) is 2.88. The summed E-state index contributed by atoms with van der Waals surface area (Å²) in [6.07, 6.45) is 5.42. The first-order chi connectivity index (χ1) is 10.3. The molecule has 3 rings (SSSR count). The number of nitrogens with zero attached hydrogens (tertiary/aromatic N) is 2. The number of pyridine rings is 2. The third-order valence-corrected chi connectivity index (χ3v) is 3.93. The quantitative estimate of drug-likeness (QED) is 0.786. The van der Waals surface area contributed by atoms with E-state index in [0.717, 1.165) is 28.0 Å². The maximum absolute atomic E-state index is 6.22. The molecule has 0 saturated heterocycles. The number of halogens is 1. The van der Waals surface area contributed by atoms with Gasteiger partial charge < -0.3 is 5.32 Å². The molecule has 21 heavy (non-hydrogen) atoms. The van der Waals surface area contributed by atoms with E-state index in [1.807, 2.05) is 48.8 Å². The molecule has 4 heteroatoms. The molecule has 0 amide bonds. The van der Waals surface area contributed by atoms with Crippen molar-refractivity contribution in [2.75, 3.05) is 0 Å². The van der Waals surface area contributed by atoms with E-state index >= 15 is 0 Å². The molecule has 106 valence electrons. The molecule has 0 unspecified atom stereocenters. The van der Waals surface area contributed by atoms with Gasteiger partial charge in [-0.05, 0) is 48.4 Å². The van der Waals surface area contributed by atoms with Crippen LogP contribution in [0.3, 0.4) is 0 Å². The van der Waals surface area contributed by atoms with E-state index in [1.54, 1.807) is 6.20 Å². The molecule has 3 nitrogen and oxygen atoms in total. The summed E-state index contributed by atoms with van der Waals surface area (Å²) in [5.74, 6) is 0. The maximum Gasteiger partial charge on any atom is 0.0761 e. The van der Waals surface area contributed by atoms with Gasteiger partial charge in [0, 0.05) is 41.6 Å². The van der Waals surface area contributed by atoms with Crippen molar-refractivity contribution in [2.24, 2.45) is 0 Å². The van der Waals surface area contributed by atoms with Gasteiger partial charge in [-0.1, -0.05) is 17.7 Å². The summed E-state index contributed by atoms with van der Waals surface area (Å²) >= 11 is 6.22. The summed E-state index contributed by atoms with van der Waals surface area (Å²) in [6, 6.07) is 12.2. The third-order valence-electron chi connectivity index (χ3n) is 3.60. The number of nitrogens with one attached hydrogen (secondary N) is 1. The van der Waals surface area contributed by atoms with Gasteiger partial charge in [0.25, 0.3) is 0 Å². The Kier molecular flexibility index (Phi) is 4.13. The van der Waals surface area contributed by atoms with Crippen LogP contribution in [-0.4, -0.2) is 9.97 Å². The SMILES string of the molecule is C[C@@H](NCc1ccc(Cl)c2cccnc12)c1ccncc1. The van der Waals surface area contributed by atoms with Crippen LogP contribution in [0.4, 0.5) is 0 Å². The van der Waals surface area contributed by atoms with Crippen LogP contribution in [0.25, 0.3) is 10.9 Å². The van der Waals surface area contributed by atoms with E-state index in [1.165, 1.54) is 5.56 Å². The van der Waals surface area contributed by atoms with Crippen LogP contribution >= 0.6 is 11.6 Å². The number of hydrogen-bond donors (Lipinski definition) is 1. The zero-order valence-corrected chi connectivity index (χ0v) is 12.5. The van der Waals surface area contributed by atoms with Crippen molar-refractivity contribution in [1.29, 1.82) is 0 Å². The summed E-state index contributed by atoms with van der Waals surface area (Å²) in [4.78, 5) is 8.50. The molecule has 0 aliphatic rings. The van der Waals surface area contributed by atoms with Crippen molar-refractivity contribution in [3.05, 3.63) is 71.1 Å². The lowest BCUT2D eigenvalue weighted by molar-refractivity contribution is 0.575. The van der Waals surface area contributed by atoms with Gasteiger partial charge in [-0.2, -0.15) is 0 Å². The van der Waals surface area contributed by atoms with E-state index in [4.69, 9.17) is 11.6 Å². The van der Waals surface area contributed by atoms with Crippen LogP contribution in [-0.2, 0) is 6.54 Å². The lowest BCUT2D eigenvalue weighted by atomic mass is 10.1. The van der Waals surface area contributed by atoms with Crippen LogP contribution in [0.15, 0.2) is 55.0 Å². The average Bonchev–Trinajstić information content (AvgIpc) is 2.55. The van der Waals surface area contributed by atoms with Gasteiger partial charge in [-0.3, -0.25) is 9.97 Å². The van der Waals surface area contributed by atoms with Crippen molar-refractivity contribution < 1.29 is 0 Å². The highest BCUT2D eigenvalue weighted by Crippen LogP contribution is 2.25. The molecule has 0 fully saturated rings. The molecule has 3 aromatic rings. The van der Waals surface area contributed by atoms with Crippen LogP contribution in [0.5, 0.6) is 0 Å². The second-order valence-corrected chi connectivity index (χ2v) is 5.40. The van der Waals surface area contributed by atoms with Crippen LogP contribution < -0.4 is 5.32 Å². The summed E-state index contributed by atoms with van der Waals surface area (Å²) < 4.78 is 0. The number of aromatic nitrogens is 2. The molecule has 0 aliphatic carbocycles. The highest BCUT2D eigenvalue weighted by Gasteiger charge is 2.08. The van der Waals surface area contributed by atoms with Crippen molar-refractivity contribution in [3.63, 3.8) is 0 Å². The standard InChI is InChI=1S/C17H16ClN3/c1-12(13-6-9-19-10-7-13)21-11-14-4-5-16(18)15-3-2-8-20-17(14)15/h2-10,12,21H,11H2,1H3/t12-/m1/s1. The molecule has 2 heterocycles. The molecule has 0 radical (unpaired) electrons. The van der Waals surface area contributed by atoms with Gasteiger partial charge in [-0.25, -0.2) is 0 Å². The van der Waals surface area contributed by atoms with Crippen LogP contribution in [0, 0.1) is 0 Å². The topological polar surface area (TPSA) is 37.8 Å². The summed E-state index contributed by atoms with van der Waals surface area (Å²) in [5, 5.41) is 5.25. The first-order valence-corrected chi connectivity index (χ1v) is 7.29. The van der Waals surface area contributed by atoms with Crippen molar-refractivity contribution in [1.82, 2.24) is 15.3 Å². The Morgan fingerprint density at radius 1 is 1.10 bits per heavy atom. The minimum Gasteiger partial charge on any atom is -0.306 e. The number of benzene rings is 1. The minimum atomic E-state index is 0.252. The molecule has 1 atom stereocenters. The fraction of sp³-hybridized carbons (Fsp3) is 0.176. The van der Waals surface area contributed by atoms with Crippen molar-refractivity contribution in [3.8, 4) is 0 Å². The fourth-order valence-electron chi connectivity index (χ4n) is 2.37. The van der Waals surface area contributed by atoms with Gasteiger partial charge in [0.2, 0.25) is 0 Å². The smallest absolute Gasteiger partial charge is 0.0761 e. The lowest BCUT2D eigenvalue weighted by Gasteiger charge is -2.15. The van der Waals surface area contributed by atoms with Crippen LogP contribution in [0.1, 0.15) is 24.1 Å². The maximum atomic E-state index is 6.22. The Balaban J connectivity index is 1.81. The summed E-state index contributed by atoms with van der Waals surface area (Å²) in [5.41, 5.74) is 3.33. The average molecular weight is 298 g/mol. The molecular formula is C17H16ClN3. The molecule has 0 bridgehead atoms. The molecule has 1 N–H and O–H groups in total. The first-order valence-electron chi connectivity index (χ1n) is 6.91. The summed E-state index contributed by atoms with van der Waals surface area (Å²) in [7, 11) is 0. The van der Waals surface area contributed by atoms with Crippen LogP contribution in [0.2, 0.25) is 5.02 Å². The number of fused-ring (bicyclic) bond motifs is 1. The Hall–Kier alpha value is -1.97. The second kappa shape index (κ2) is 6.20.